The van der Waals surface area contributed by atoms with Gasteiger partial charge >= 0.3 is 0 Å². The molecule has 0 spiro atoms. The summed E-state index contributed by atoms with van der Waals surface area (Å²) < 4.78 is 0. The molecule has 19 heavy (non-hydrogen) atoms. The highest BCUT2D eigenvalue weighted by Crippen LogP contribution is 2.22. The Labute approximate surface area is 119 Å². The van der Waals surface area contributed by atoms with Gasteiger partial charge in [-0.05, 0) is 45.5 Å². The second-order valence-electron chi connectivity index (χ2n) is 5.36. The van der Waals surface area contributed by atoms with Crippen molar-refractivity contribution in [3.8, 4) is 0 Å². The van der Waals surface area contributed by atoms with Gasteiger partial charge in [-0.25, -0.2) is 0 Å². The summed E-state index contributed by atoms with van der Waals surface area (Å²) in [5.41, 5.74) is 1.21. The fourth-order valence-electron chi connectivity index (χ4n) is 1.46. The van der Waals surface area contributed by atoms with Gasteiger partial charge in [-0.2, -0.15) is 0 Å². The molecule has 5 heteroatoms. The van der Waals surface area contributed by atoms with E-state index in [0.717, 1.165) is 5.56 Å². The van der Waals surface area contributed by atoms with Gasteiger partial charge in [0, 0.05) is 5.54 Å². The van der Waals surface area contributed by atoms with E-state index in [1.54, 1.807) is 24.1 Å². The zero-order chi connectivity index (χ0) is 14.6. The number of anilines is 1. The molecule has 1 aromatic carbocycles. The van der Waals surface area contributed by atoms with Gasteiger partial charge in [0.25, 0.3) is 0 Å². The summed E-state index contributed by atoms with van der Waals surface area (Å²) >= 11 is 6.06. The molecule has 2 N–H and O–H groups in total. The van der Waals surface area contributed by atoms with Crippen LogP contribution in [0.3, 0.4) is 0 Å². The maximum absolute atomic E-state index is 11.9. The summed E-state index contributed by atoms with van der Waals surface area (Å²) in [4.78, 5) is 13.7. The molecule has 0 aliphatic rings. The zero-order valence-electron chi connectivity index (χ0n) is 11.8. The molecule has 0 heterocycles. The van der Waals surface area contributed by atoms with E-state index in [1.807, 2.05) is 26.8 Å². The first-order chi connectivity index (χ1) is 8.76. The molecule has 0 radical (unpaired) electrons. The van der Waals surface area contributed by atoms with E-state index >= 15 is 0 Å². The van der Waals surface area contributed by atoms with Crippen LogP contribution in [0.2, 0.25) is 5.02 Å². The summed E-state index contributed by atoms with van der Waals surface area (Å²) in [6, 6.07) is 5.48. The molecule has 0 atom stereocenters. The van der Waals surface area contributed by atoms with Crippen molar-refractivity contribution in [1.82, 2.24) is 4.90 Å². The number of likely N-dealkylation sites (N-methyl/N-ethyl adjacent to an activating group) is 1. The maximum atomic E-state index is 11.9. The molecule has 0 aliphatic carbocycles. The van der Waals surface area contributed by atoms with Crippen LogP contribution in [-0.2, 0) is 4.79 Å². The lowest BCUT2D eigenvalue weighted by molar-refractivity contribution is -0.118. The molecule has 0 bridgehead atoms. The first-order valence-corrected chi connectivity index (χ1v) is 6.52. The SMILES string of the molecule is Cc1ccc(NC(=O)CN(C)C(C)(C)CO)c(Cl)c1. The Morgan fingerprint density at radius 2 is 2.11 bits per heavy atom. The van der Waals surface area contributed by atoms with Crippen molar-refractivity contribution in [1.29, 1.82) is 0 Å². The summed E-state index contributed by atoms with van der Waals surface area (Å²) in [5.74, 6) is -0.158. The van der Waals surface area contributed by atoms with E-state index in [-0.39, 0.29) is 19.1 Å². The summed E-state index contributed by atoms with van der Waals surface area (Å²) in [7, 11) is 1.80. The zero-order valence-corrected chi connectivity index (χ0v) is 12.6. The third-order valence-electron chi connectivity index (χ3n) is 3.20. The number of rotatable bonds is 5. The normalized spacial score (nSPS) is 11.7. The van der Waals surface area contributed by atoms with E-state index in [4.69, 9.17) is 11.6 Å². The highest BCUT2D eigenvalue weighted by Gasteiger charge is 2.24. The number of aliphatic hydroxyl groups excluding tert-OH is 1. The lowest BCUT2D eigenvalue weighted by Gasteiger charge is -2.33. The number of benzene rings is 1. The lowest BCUT2D eigenvalue weighted by atomic mass is 10.1. The number of nitrogens with zero attached hydrogens (tertiary/aromatic N) is 1. The largest absolute Gasteiger partial charge is 0.394 e. The Bertz CT molecular complexity index is 461. The molecule has 0 fully saturated rings. The van der Waals surface area contributed by atoms with Crippen molar-refractivity contribution in [2.75, 3.05) is 25.5 Å². The van der Waals surface area contributed by atoms with Gasteiger partial charge < -0.3 is 10.4 Å². The minimum absolute atomic E-state index is 0.0118. The summed E-state index contributed by atoms with van der Waals surface area (Å²) in [5, 5.41) is 12.5. The first kappa shape index (κ1) is 16.0. The molecule has 4 nitrogen and oxygen atoms in total. The quantitative estimate of drug-likeness (QED) is 0.872. The maximum Gasteiger partial charge on any atom is 0.238 e. The summed E-state index contributed by atoms with van der Waals surface area (Å²) in [6.45, 7) is 5.87. The highest BCUT2D eigenvalue weighted by atomic mass is 35.5. The predicted molar refractivity (Wildman–Crippen MR) is 78.6 cm³/mol. The standard InChI is InChI=1S/C14H21ClN2O2/c1-10-5-6-12(11(15)7-10)16-13(19)8-17(4)14(2,3)9-18/h5-7,18H,8-9H2,1-4H3,(H,16,19). The van der Waals surface area contributed by atoms with E-state index in [2.05, 4.69) is 5.32 Å². The van der Waals surface area contributed by atoms with Crippen LogP contribution in [0.15, 0.2) is 18.2 Å². The molecule has 1 rings (SSSR count). The monoisotopic (exact) mass is 284 g/mol. The van der Waals surface area contributed by atoms with Crippen LogP contribution >= 0.6 is 11.6 Å². The number of halogens is 1. The Morgan fingerprint density at radius 3 is 2.63 bits per heavy atom. The Kier molecular flexibility index (Phi) is 5.35. The Hall–Kier alpha value is -1.10. The number of carbonyl (C=O) groups is 1. The Morgan fingerprint density at radius 1 is 1.47 bits per heavy atom. The van der Waals surface area contributed by atoms with Gasteiger partial charge in [0.1, 0.15) is 0 Å². The fraction of sp³-hybridized carbons (Fsp3) is 0.500. The molecule has 0 saturated carbocycles. The molecule has 106 valence electrons. The third-order valence-corrected chi connectivity index (χ3v) is 3.51. The van der Waals surface area contributed by atoms with Gasteiger partial charge in [0.15, 0.2) is 0 Å². The van der Waals surface area contributed by atoms with Crippen LogP contribution in [0, 0.1) is 6.92 Å². The van der Waals surface area contributed by atoms with Crippen LogP contribution in [0.25, 0.3) is 0 Å². The second-order valence-corrected chi connectivity index (χ2v) is 5.77. The molecular weight excluding hydrogens is 264 g/mol. The van der Waals surface area contributed by atoms with Crippen LogP contribution in [-0.4, -0.2) is 41.7 Å². The second kappa shape index (κ2) is 6.37. The number of hydrogen-bond donors (Lipinski definition) is 2. The highest BCUT2D eigenvalue weighted by molar-refractivity contribution is 6.33. The molecule has 1 amide bonds. The van der Waals surface area contributed by atoms with Crippen LogP contribution in [0.4, 0.5) is 5.69 Å². The summed E-state index contributed by atoms with van der Waals surface area (Å²) in [6.07, 6.45) is 0. The number of aryl methyl sites for hydroxylation is 1. The van der Waals surface area contributed by atoms with Crippen LogP contribution in [0.5, 0.6) is 0 Å². The number of nitrogens with one attached hydrogen (secondary N) is 1. The number of hydrogen-bond acceptors (Lipinski definition) is 3. The van der Waals surface area contributed by atoms with Gasteiger partial charge in [0.2, 0.25) is 5.91 Å². The van der Waals surface area contributed by atoms with Crippen molar-refractivity contribution >= 4 is 23.2 Å². The van der Waals surface area contributed by atoms with Gasteiger partial charge in [-0.3, -0.25) is 9.69 Å². The van der Waals surface area contributed by atoms with Gasteiger partial charge in [-0.15, -0.1) is 0 Å². The third kappa shape index (κ3) is 4.49. The van der Waals surface area contributed by atoms with E-state index < -0.39 is 5.54 Å². The van der Waals surface area contributed by atoms with Crippen LogP contribution < -0.4 is 5.32 Å². The molecular formula is C14H21ClN2O2. The van der Waals surface area contributed by atoms with Gasteiger partial charge in [-0.1, -0.05) is 17.7 Å². The smallest absolute Gasteiger partial charge is 0.238 e. The van der Waals surface area contributed by atoms with Gasteiger partial charge in [0.05, 0.1) is 23.9 Å². The number of amides is 1. The first-order valence-electron chi connectivity index (χ1n) is 6.14. The predicted octanol–water partition coefficient (Wildman–Crippen LogP) is 2.29. The molecule has 0 aromatic heterocycles. The Balaban J connectivity index is 2.65. The average Bonchev–Trinajstić information content (AvgIpc) is 2.32. The minimum Gasteiger partial charge on any atom is -0.394 e. The number of aliphatic hydroxyl groups is 1. The van der Waals surface area contributed by atoms with Crippen molar-refractivity contribution in [3.05, 3.63) is 28.8 Å². The topological polar surface area (TPSA) is 52.6 Å². The van der Waals surface area contributed by atoms with Crippen molar-refractivity contribution in [2.24, 2.45) is 0 Å². The van der Waals surface area contributed by atoms with Crippen LogP contribution in [0.1, 0.15) is 19.4 Å². The molecule has 0 unspecified atom stereocenters. The number of carbonyl (C=O) groups excluding carboxylic acids is 1. The molecule has 0 aliphatic heterocycles. The molecule has 0 saturated heterocycles. The average molecular weight is 285 g/mol. The fourth-order valence-corrected chi connectivity index (χ4v) is 1.74. The van der Waals surface area contributed by atoms with E-state index in [9.17, 15) is 9.90 Å². The van der Waals surface area contributed by atoms with E-state index in [1.165, 1.54) is 0 Å². The van der Waals surface area contributed by atoms with Crippen molar-refractivity contribution in [2.45, 2.75) is 26.3 Å². The van der Waals surface area contributed by atoms with E-state index in [0.29, 0.717) is 10.7 Å². The molecule has 1 aromatic rings. The van der Waals surface area contributed by atoms with Crippen molar-refractivity contribution < 1.29 is 9.90 Å². The minimum atomic E-state index is -0.436. The van der Waals surface area contributed by atoms with Crippen molar-refractivity contribution in [3.63, 3.8) is 0 Å². The lowest BCUT2D eigenvalue weighted by Crippen LogP contribution is -2.47.